The van der Waals surface area contributed by atoms with Crippen molar-refractivity contribution in [3.63, 3.8) is 0 Å². The SMILES string of the molecule is Cc1nc2cc(C(=O)Nc3ncc([N+](=O)[O-])s3)c(Cl)cc2n1C. The van der Waals surface area contributed by atoms with Crippen LogP contribution >= 0.6 is 22.9 Å². The molecule has 0 atom stereocenters. The lowest BCUT2D eigenvalue weighted by Crippen LogP contribution is -2.12. The molecule has 10 heteroatoms. The second-order valence-electron chi connectivity index (χ2n) is 4.75. The molecule has 0 saturated carbocycles. The topological polar surface area (TPSA) is 103 Å². The summed E-state index contributed by atoms with van der Waals surface area (Å²) in [5, 5.41) is 13.4. The van der Waals surface area contributed by atoms with Gasteiger partial charge in [-0.1, -0.05) is 11.6 Å². The normalized spacial score (nSPS) is 10.9. The second-order valence-corrected chi connectivity index (χ2v) is 6.17. The van der Waals surface area contributed by atoms with Crippen LogP contribution < -0.4 is 5.32 Å². The highest BCUT2D eigenvalue weighted by Gasteiger charge is 2.18. The van der Waals surface area contributed by atoms with Gasteiger partial charge in [0.1, 0.15) is 12.0 Å². The van der Waals surface area contributed by atoms with Crippen LogP contribution in [0.4, 0.5) is 10.1 Å². The van der Waals surface area contributed by atoms with Gasteiger partial charge in [-0.15, -0.1) is 0 Å². The quantitative estimate of drug-likeness (QED) is 0.576. The number of nitrogens with one attached hydrogen (secondary N) is 1. The summed E-state index contributed by atoms with van der Waals surface area (Å²) in [5.41, 5.74) is 1.69. The molecule has 8 nitrogen and oxygen atoms in total. The van der Waals surface area contributed by atoms with E-state index in [-0.39, 0.29) is 20.7 Å². The van der Waals surface area contributed by atoms with E-state index >= 15 is 0 Å². The number of nitrogens with zero attached hydrogens (tertiary/aromatic N) is 4. The van der Waals surface area contributed by atoms with Crippen molar-refractivity contribution in [1.82, 2.24) is 14.5 Å². The molecule has 0 radical (unpaired) electrons. The Morgan fingerprint density at radius 3 is 2.87 bits per heavy atom. The number of aryl methyl sites for hydroxylation is 2. The van der Waals surface area contributed by atoms with Gasteiger partial charge in [-0.3, -0.25) is 20.2 Å². The summed E-state index contributed by atoms with van der Waals surface area (Å²) in [6.45, 7) is 1.85. The first-order valence-electron chi connectivity index (χ1n) is 6.41. The Bertz CT molecular complexity index is 949. The lowest BCUT2D eigenvalue weighted by Gasteiger charge is -2.05. The number of halogens is 1. The van der Waals surface area contributed by atoms with Crippen LogP contribution in [-0.4, -0.2) is 25.4 Å². The zero-order chi connectivity index (χ0) is 16.7. The number of carbonyl (C=O) groups excluding carboxylic acids is 1. The maximum absolute atomic E-state index is 12.3. The van der Waals surface area contributed by atoms with E-state index in [9.17, 15) is 14.9 Å². The van der Waals surface area contributed by atoms with Crippen molar-refractivity contribution in [2.75, 3.05) is 5.32 Å². The highest BCUT2D eigenvalue weighted by molar-refractivity contribution is 7.18. The van der Waals surface area contributed by atoms with Gasteiger partial charge in [-0.05, 0) is 30.4 Å². The van der Waals surface area contributed by atoms with Gasteiger partial charge >= 0.3 is 5.00 Å². The van der Waals surface area contributed by atoms with Crippen LogP contribution in [0.3, 0.4) is 0 Å². The maximum atomic E-state index is 12.3. The van der Waals surface area contributed by atoms with Crippen LogP contribution in [0.15, 0.2) is 18.3 Å². The largest absolute Gasteiger partial charge is 0.345 e. The number of benzene rings is 1. The summed E-state index contributed by atoms with van der Waals surface area (Å²) in [5.74, 6) is 0.300. The summed E-state index contributed by atoms with van der Waals surface area (Å²) in [4.78, 5) is 30.5. The molecule has 0 unspecified atom stereocenters. The van der Waals surface area contributed by atoms with Crippen molar-refractivity contribution < 1.29 is 9.72 Å². The predicted octanol–water partition coefficient (Wildman–Crippen LogP) is 3.15. The number of hydrogen-bond donors (Lipinski definition) is 1. The minimum absolute atomic E-state index is 0.134. The van der Waals surface area contributed by atoms with Crippen molar-refractivity contribution in [2.24, 2.45) is 7.05 Å². The van der Waals surface area contributed by atoms with E-state index in [4.69, 9.17) is 11.6 Å². The molecule has 118 valence electrons. The molecule has 0 aliphatic carbocycles. The van der Waals surface area contributed by atoms with Gasteiger partial charge in [0, 0.05) is 7.05 Å². The molecular weight excluding hydrogens is 342 g/mol. The Labute approximate surface area is 138 Å². The van der Waals surface area contributed by atoms with Crippen molar-refractivity contribution in [2.45, 2.75) is 6.92 Å². The molecule has 0 fully saturated rings. The number of anilines is 1. The molecule has 0 bridgehead atoms. The third-order valence-corrected chi connectivity index (χ3v) is 4.51. The Kier molecular flexibility index (Phi) is 3.74. The van der Waals surface area contributed by atoms with Crippen LogP contribution in [0.1, 0.15) is 16.2 Å². The van der Waals surface area contributed by atoms with Gasteiger partial charge in [-0.25, -0.2) is 9.97 Å². The Balaban J connectivity index is 1.93. The van der Waals surface area contributed by atoms with Crippen LogP contribution in [0.5, 0.6) is 0 Å². The number of hydrogen-bond acceptors (Lipinski definition) is 6. The van der Waals surface area contributed by atoms with Gasteiger partial charge in [0.05, 0.1) is 26.5 Å². The number of rotatable bonds is 3. The Morgan fingerprint density at radius 2 is 2.22 bits per heavy atom. The molecule has 2 heterocycles. The molecule has 0 aliphatic heterocycles. The number of thiazole rings is 1. The first-order chi connectivity index (χ1) is 10.9. The zero-order valence-electron chi connectivity index (χ0n) is 12.0. The lowest BCUT2D eigenvalue weighted by atomic mass is 10.2. The molecule has 23 heavy (non-hydrogen) atoms. The van der Waals surface area contributed by atoms with Crippen molar-refractivity contribution >= 4 is 50.0 Å². The van der Waals surface area contributed by atoms with Crippen LogP contribution in [0, 0.1) is 17.0 Å². The van der Waals surface area contributed by atoms with Crippen LogP contribution in [0.25, 0.3) is 11.0 Å². The van der Waals surface area contributed by atoms with Gasteiger partial charge < -0.3 is 4.57 Å². The van der Waals surface area contributed by atoms with Crippen molar-refractivity contribution in [1.29, 1.82) is 0 Å². The molecule has 2 aromatic heterocycles. The molecule has 0 spiro atoms. The fourth-order valence-electron chi connectivity index (χ4n) is 2.08. The molecule has 1 amide bonds. The molecule has 0 saturated heterocycles. The van der Waals surface area contributed by atoms with E-state index in [0.717, 1.165) is 28.9 Å². The summed E-state index contributed by atoms with van der Waals surface area (Å²) in [7, 11) is 1.86. The monoisotopic (exact) mass is 351 g/mol. The first kappa shape index (κ1) is 15.4. The first-order valence-corrected chi connectivity index (χ1v) is 7.60. The summed E-state index contributed by atoms with van der Waals surface area (Å²) >= 11 is 6.95. The number of amides is 1. The minimum atomic E-state index is -0.566. The molecule has 1 N–H and O–H groups in total. The summed E-state index contributed by atoms with van der Waals surface area (Å²) < 4.78 is 1.87. The van der Waals surface area contributed by atoms with Crippen molar-refractivity contribution in [3.8, 4) is 0 Å². The minimum Gasteiger partial charge on any atom is -0.331 e. The number of aromatic nitrogens is 3. The third kappa shape index (κ3) is 2.76. The van der Waals surface area contributed by atoms with E-state index in [0.29, 0.717) is 5.52 Å². The average Bonchev–Trinajstić information content (AvgIpc) is 3.05. The van der Waals surface area contributed by atoms with E-state index in [1.807, 2.05) is 18.5 Å². The van der Waals surface area contributed by atoms with E-state index in [2.05, 4.69) is 15.3 Å². The molecule has 3 aromatic rings. The summed E-state index contributed by atoms with van der Waals surface area (Å²) in [6.07, 6.45) is 1.09. The van der Waals surface area contributed by atoms with Crippen LogP contribution in [-0.2, 0) is 7.05 Å². The van der Waals surface area contributed by atoms with Crippen LogP contribution in [0.2, 0.25) is 5.02 Å². The Morgan fingerprint density at radius 1 is 1.48 bits per heavy atom. The average molecular weight is 352 g/mol. The predicted molar refractivity (Wildman–Crippen MR) is 87.2 cm³/mol. The highest BCUT2D eigenvalue weighted by atomic mass is 35.5. The van der Waals surface area contributed by atoms with E-state index < -0.39 is 10.8 Å². The smallest absolute Gasteiger partial charge is 0.331 e. The zero-order valence-corrected chi connectivity index (χ0v) is 13.6. The number of imidazole rings is 1. The molecule has 0 aliphatic rings. The molecule has 3 rings (SSSR count). The van der Waals surface area contributed by atoms with E-state index in [1.165, 1.54) is 0 Å². The number of nitro groups is 1. The fraction of sp³-hybridized carbons (Fsp3) is 0.154. The standard InChI is InChI=1S/C13H10ClN5O3S/c1-6-16-9-3-7(8(14)4-10(9)18(6)2)12(20)17-13-15-5-11(23-13)19(21)22/h3-5H,1-2H3,(H,15,17,20). The second kappa shape index (κ2) is 5.60. The third-order valence-electron chi connectivity index (χ3n) is 3.33. The maximum Gasteiger partial charge on any atom is 0.345 e. The number of fused-ring (bicyclic) bond motifs is 1. The van der Waals surface area contributed by atoms with Gasteiger partial charge in [0.2, 0.25) is 0 Å². The molecular formula is C13H10ClN5O3S. The molecule has 1 aromatic carbocycles. The summed E-state index contributed by atoms with van der Waals surface area (Å²) in [6, 6.07) is 3.25. The van der Waals surface area contributed by atoms with Gasteiger partial charge in [-0.2, -0.15) is 0 Å². The highest BCUT2D eigenvalue weighted by Crippen LogP contribution is 2.28. The number of carbonyl (C=O) groups is 1. The van der Waals surface area contributed by atoms with Gasteiger partial charge in [0.15, 0.2) is 5.13 Å². The Hall–Kier alpha value is -2.52. The fourth-order valence-corrected chi connectivity index (χ4v) is 2.95. The van der Waals surface area contributed by atoms with Crippen molar-refractivity contribution in [3.05, 3.63) is 44.9 Å². The van der Waals surface area contributed by atoms with E-state index in [1.54, 1.807) is 12.1 Å². The van der Waals surface area contributed by atoms with Gasteiger partial charge in [0.25, 0.3) is 5.91 Å². The lowest BCUT2D eigenvalue weighted by molar-refractivity contribution is -0.380.